The smallest absolute Gasteiger partial charge is 0.410 e. The van der Waals surface area contributed by atoms with Crippen LogP contribution in [0, 0.1) is 5.82 Å². The quantitative estimate of drug-likeness (QED) is 0.478. The highest BCUT2D eigenvalue weighted by Gasteiger charge is 2.46. The Balaban J connectivity index is 1.79. The van der Waals surface area contributed by atoms with E-state index in [1.54, 1.807) is 46.4 Å². The van der Waals surface area contributed by atoms with Gasteiger partial charge in [-0.3, -0.25) is 0 Å². The molecule has 32 heavy (non-hydrogen) atoms. The Labute approximate surface area is 192 Å². The molecule has 8 nitrogen and oxygen atoms in total. The molecule has 2 aliphatic rings. The van der Waals surface area contributed by atoms with Crippen molar-refractivity contribution in [2.24, 2.45) is 0 Å². The van der Waals surface area contributed by atoms with Crippen molar-refractivity contribution >= 4 is 35.0 Å². The van der Waals surface area contributed by atoms with E-state index in [0.29, 0.717) is 10.7 Å². The lowest BCUT2D eigenvalue weighted by Gasteiger charge is -2.47. The number of esters is 1. The highest BCUT2D eigenvalue weighted by atomic mass is 32.1. The topological polar surface area (TPSA) is 77.5 Å². The molecule has 0 aromatic heterocycles. The molecular weight excluding hydrogens is 439 g/mol. The second-order valence-corrected chi connectivity index (χ2v) is 9.59. The first-order valence-electron chi connectivity index (χ1n) is 10.5. The largest absolute Gasteiger partial charge is 0.484 e. The second-order valence-electron chi connectivity index (χ2n) is 9.12. The SMILES string of the molecule is CCOC(=O)C(C)N1C(=S)COc2cc(F)c(OC3(C)CN(C(=O)OC(C)(C)C)C3)cc21. The molecule has 3 rings (SSSR count). The number of rotatable bonds is 5. The first kappa shape index (κ1) is 24.0. The molecule has 10 heteroatoms. The van der Waals surface area contributed by atoms with E-state index in [2.05, 4.69) is 0 Å². The third-order valence-corrected chi connectivity index (χ3v) is 5.28. The third kappa shape index (κ3) is 5.06. The Bertz CT molecular complexity index is 926. The number of benzene rings is 1. The number of amides is 1. The van der Waals surface area contributed by atoms with Crippen molar-refractivity contribution in [3.8, 4) is 11.5 Å². The molecule has 0 bridgehead atoms. The van der Waals surface area contributed by atoms with Gasteiger partial charge in [-0.05, 0) is 41.5 Å². The fourth-order valence-corrected chi connectivity index (χ4v) is 3.90. The Morgan fingerprint density at radius 2 is 1.97 bits per heavy atom. The summed E-state index contributed by atoms with van der Waals surface area (Å²) in [5.74, 6) is -0.830. The molecule has 1 saturated heterocycles. The van der Waals surface area contributed by atoms with Crippen molar-refractivity contribution in [3.05, 3.63) is 17.9 Å². The van der Waals surface area contributed by atoms with Gasteiger partial charge in [0, 0.05) is 12.1 Å². The number of thiocarbonyl (C=S) groups is 1. The van der Waals surface area contributed by atoms with Crippen LogP contribution in [0.2, 0.25) is 0 Å². The van der Waals surface area contributed by atoms with Gasteiger partial charge in [-0.25, -0.2) is 14.0 Å². The number of fused-ring (bicyclic) bond motifs is 1. The normalized spacial score (nSPS) is 18.2. The molecule has 2 heterocycles. The third-order valence-electron chi connectivity index (χ3n) is 4.97. The first-order chi connectivity index (χ1) is 14.8. The standard InChI is InChI=1S/C22H29FN2O6S/c1-7-28-19(26)13(2)25-15-9-16(14(23)8-17(15)29-10-18(25)32)30-22(6)11-24(12-22)20(27)31-21(3,4)5/h8-9,13H,7,10-12H2,1-6H3. The van der Waals surface area contributed by atoms with Crippen LogP contribution in [0.25, 0.3) is 0 Å². The van der Waals surface area contributed by atoms with Crippen LogP contribution in [-0.2, 0) is 14.3 Å². The highest BCUT2D eigenvalue weighted by molar-refractivity contribution is 7.80. The van der Waals surface area contributed by atoms with Crippen LogP contribution in [0.4, 0.5) is 14.9 Å². The van der Waals surface area contributed by atoms with Crippen LogP contribution in [0.5, 0.6) is 11.5 Å². The molecule has 2 aliphatic heterocycles. The first-order valence-corrected chi connectivity index (χ1v) is 10.9. The summed E-state index contributed by atoms with van der Waals surface area (Å²) in [7, 11) is 0. The molecule has 1 atom stereocenters. The fraction of sp³-hybridized carbons (Fsp3) is 0.591. The summed E-state index contributed by atoms with van der Waals surface area (Å²) >= 11 is 5.39. The summed E-state index contributed by atoms with van der Waals surface area (Å²) in [6.45, 7) is 11.3. The van der Waals surface area contributed by atoms with Crippen LogP contribution in [0.15, 0.2) is 12.1 Å². The molecular formula is C22H29FN2O6S. The Morgan fingerprint density at radius 3 is 2.56 bits per heavy atom. The zero-order valence-electron chi connectivity index (χ0n) is 19.2. The number of nitrogens with zero attached hydrogens (tertiary/aromatic N) is 2. The fourth-order valence-electron chi connectivity index (χ4n) is 3.59. The summed E-state index contributed by atoms with van der Waals surface area (Å²) in [5.41, 5.74) is -0.976. The minimum Gasteiger partial charge on any atom is -0.484 e. The number of carbonyl (C=O) groups is 2. The van der Waals surface area contributed by atoms with Crippen molar-refractivity contribution < 1.29 is 32.9 Å². The van der Waals surface area contributed by atoms with E-state index < -0.39 is 35.1 Å². The Morgan fingerprint density at radius 1 is 1.31 bits per heavy atom. The van der Waals surface area contributed by atoms with E-state index in [1.807, 2.05) is 0 Å². The average Bonchev–Trinajstić information content (AvgIpc) is 2.65. The van der Waals surface area contributed by atoms with Gasteiger partial charge in [0.15, 0.2) is 11.6 Å². The lowest BCUT2D eigenvalue weighted by Crippen LogP contribution is -2.65. The maximum absolute atomic E-state index is 14.8. The lowest BCUT2D eigenvalue weighted by molar-refractivity contribution is -0.144. The highest BCUT2D eigenvalue weighted by Crippen LogP contribution is 2.41. The van der Waals surface area contributed by atoms with Gasteiger partial charge >= 0.3 is 12.1 Å². The van der Waals surface area contributed by atoms with Crippen LogP contribution in [0.3, 0.4) is 0 Å². The minimum atomic E-state index is -0.792. The molecule has 1 unspecified atom stereocenters. The average molecular weight is 469 g/mol. The van der Waals surface area contributed by atoms with Gasteiger partial charge in [-0.15, -0.1) is 0 Å². The van der Waals surface area contributed by atoms with E-state index in [9.17, 15) is 14.0 Å². The van der Waals surface area contributed by atoms with Crippen molar-refractivity contribution in [2.45, 2.75) is 58.8 Å². The molecule has 0 spiro atoms. The molecule has 1 aromatic carbocycles. The van der Waals surface area contributed by atoms with Crippen LogP contribution >= 0.6 is 12.2 Å². The van der Waals surface area contributed by atoms with Gasteiger partial charge in [0.05, 0.1) is 25.4 Å². The van der Waals surface area contributed by atoms with E-state index in [0.717, 1.165) is 0 Å². The molecule has 0 N–H and O–H groups in total. The summed E-state index contributed by atoms with van der Waals surface area (Å²) in [5, 5.41) is 0. The zero-order chi connectivity index (χ0) is 23.8. The predicted octanol–water partition coefficient (Wildman–Crippen LogP) is 3.69. The van der Waals surface area contributed by atoms with E-state index in [4.69, 9.17) is 31.2 Å². The molecule has 0 radical (unpaired) electrons. The maximum Gasteiger partial charge on any atom is 0.410 e. The molecule has 176 valence electrons. The number of halogens is 1. The number of hydrogen-bond donors (Lipinski definition) is 0. The van der Waals surface area contributed by atoms with Crippen LogP contribution < -0.4 is 14.4 Å². The van der Waals surface area contributed by atoms with Crippen molar-refractivity contribution in [1.82, 2.24) is 4.90 Å². The summed E-state index contributed by atoms with van der Waals surface area (Å²) in [6.07, 6.45) is -0.447. The summed E-state index contributed by atoms with van der Waals surface area (Å²) in [4.78, 5) is 28.0. The van der Waals surface area contributed by atoms with Gasteiger partial charge < -0.3 is 28.7 Å². The van der Waals surface area contributed by atoms with Gasteiger partial charge in [-0.1, -0.05) is 12.2 Å². The Hall–Kier alpha value is -2.62. The number of ether oxygens (including phenoxy) is 4. The minimum absolute atomic E-state index is 0.0237. The number of likely N-dealkylation sites (tertiary alicyclic amines) is 1. The van der Waals surface area contributed by atoms with Gasteiger partial charge in [0.2, 0.25) is 0 Å². The van der Waals surface area contributed by atoms with Crippen molar-refractivity contribution in [2.75, 3.05) is 31.2 Å². The number of hydrogen-bond acceptors (Lipinski definition) is 7. The molecule has 1 fully saturated rings. The maximum atomic E-state index is 14.8. The molecule has 0 aliphatic carbocycles. The number of anilines is 1. The molecule has 1 aromatic rings. The van der Waals surface area contributed by atoms with E-state index >= 15 is 0 Å². The van der Waals surface area contributed by atoms with E-state index in [1.165, 1.54) is 17.0 Å². The zero-order valence-corrected chi connectivity index (χ0v) is 20.0. The van der Waals surface area contributed by atoms with Crippen molar-refractivity contribution in [3.63, 3.8) is 0 Å². The van der Waals surface area contributed by atoms with Crippen LogP contribution in [0.1, 0.15) is 41.5 Å². The summed E-state index contributed by atoms with van der Waals surface area (Å²) < 4.78 is 36.8. The number of carbonyl (C=O) groups excluding carboxylic acids is 2. The second kappa shape index (κ2) is 8.73. The van der Waals surface area contributed by atoms with Crippen molar-refractivity contribution in [1.29, 1.82) is 0 Å². The lowest BCUT2D eigenvalue weighted by atomic mass is 9.97. The summed E-state index contributed by atoms with van der Waals surface area (Å²) in [6, 6.07) is 1.96. The van der Waals surface area contributed by atoms with Gasteiger partial charge in [0.1, 0.15) is 34.6 Å². The predicted molar refractivity (Wildman–Crippen MR) is 120 cm³/mol. The van der Waals surface area contributed by atoms with Crippen LogP contribution in [-0.4, -0.2) is 65.5 Å². The Kier molecular flexibility index (Phi) is 6.55. The monoisotopic (exact) mass is 468 g/mol. The van der Waals surface area contributed by atoms with Gasteiger partial charge in [0.25, 0.3) is 0 Å². The molecule has 0 saturated carbocycles. The van der Waals surface area contributed by atoms with Gasteiger partial charge in [-0.2, -0.15) is 0 Å². The molecule has 1 amide bonds. The van der Waals surface area contributed by atoms with E-state index in [-0.39, 0.29) is 37.8 Å².